The Morgan fingerprint density at radius 3 is 1.47 bits per heavy atom. The zero-order valence-corrected chi connectivity index (χ0v) is 22.9. The molecule has 0 N–H and O–H groups in total. The number of hydrogen-bond donors (Lipinski definition) is 0. The molecule has 0 aliphatic carbocycles. The van der Waals surface area contributed by atoms with Crippen LogP contribution in [0.1, 0.15) is 0 Å². The Bertz CT molecular complexity index is 2680. The van der Waals surface area contributed by atoms with Gasteiger partial charge >= 0.3 is 0 Å². The molecule has 10 rings (SSSR count). The minimum Gasteiger partial charge on any atom is -0.464 e. The summed E-state index contributed by atoms with van der Waals surface area (Å²) < 4.78 is 18.8. The van der Waals surface area contributed by atoms with Crippen molar-refractivity contribution in [1.29, 1.82) is 0 Å². The van der Waals surface area contributed by atoms with Gasteiger partial charge in [-0.25, -0.2) is 0 Å². The van der Waals surface area contributed by atoms with Gasteiger partial charge < -0.3 is 13.3 Å². The number of para-hydroxylation sites is 2. The molecule has 0 aliphatic heterocycles. The van der Waals surface area contributed by atoms with E-state index in [1.54, 1.807) is 0 Å². The predicted molar refractivity (Wildman–Crippen MR) is 177 cm³/mol. The number of benzene rings is 7. The van der Waals surface area contributed by atoms with Crippen molar-refractivity contribution in [1.82, 2.24) is 0 Å². The molecule has 0 bridgehead atoms. The fourth-order valence-corrected chi connectivity index (χ4v) is 7.05. The van der Waals surface area contributed by atoms with Gasteiger partial charge in [0.2, 0.25) is 0 Å². The average Bonchev–Trinajstić information content (AvgIpc) is 3.75. The molecule has 0 aliphatic rings. The SMILES string of the molecule is c1ccc2c(c1)oc1cc(-c3c4ccccc4c(-c4coc5cc6c(cc45)oc4ccccc46)c4ccccc34)ccc12. The van der Waals surface area contributed by atoms with E-state index in [1.807, 2.05) is 36.6 Å². The highest BCUT2D eigenvalue weighted by Gasteiger charge is 2.21. The lowest BCUT2D eigenvalue weighted by atomic mass is 9.85. The summed E-state index contributed by atoms with van der Waals surface area (Å²) in [5.74, 6) is 0. The van der Waals surface area contributed by atoms with Crippen molar-refractivity contribution in [2.45, 2.75) is 0 Å². The molecule has 0 amide bonds. The van der Waals surface area contributed by atoms with Crippen molar-refractivity contribution >= 4 is 76.4 Å². The molecule has 3 aromatic heterocycles. The lowest BCUT2D eigenvalue weighted by Crippen LogP contribution is -1.90. The van der Waals surface area contributed by atoms with E-state index in [9.17, 15) is 0 Å². The Morgan fingerprint density at radius 2 is 0.814 bits per heavy atom. The van der Waals surface area contributed by atoms with Crippen LogP contribution in [0.5, 0.6) is 0 Å². The van der Waals surface area contributed by atoms with Crippen LogP contribution in [0.3, 0.4) is 0 Å². The summed E-state index contributed by atoms with van der Waals surface area (Å²) in [6.07, 6.45) is 1.90. The highest BCUT2D eigenvalue weighted by Crippen LogP contribution is 2.47. The maximum atomic E-state index is 6.31. The standard InChI is InChI=1S/C40H22O3/c1-3-13-29-27(11-1)39(23-17-18-26-24-9-5-7-15-34(24)42-37(26)19-23)28-12-2-4-14-30(28)40(29)33-22-41-36-20-31-25-10-6-8-16-35(25)43-38(31)21-32(33)36/h1-22H. The highest BCUT2D eigenvalue weighted by atomic mass is 16.3. The first kappa shape index (κ1) is 22.8. The molecular weight excluding hydrogens is 528 g/mol. The fraction of sp³-hybridized carbons (Fsp3) is 0. The second kappa shape index (κ2) is 8.37. The Kier molecular flexibility index (Phi) is 4.45. The molecule has 0 saturated heterocycles. The van der Waals surface area contributed by atoms with Crippen LogP contribution in [0.4, 0.5) is 0 Å². The van der Waals surface area contributed by atoms with Crippen LogP contribution >= 0.6 is 0 Å². The first-order valence-corrected chi connectivity index (χ1v) is 14.5. The smallest absolute Gasteiger partial charge is 0.136 e. The van der Waals surface area contributed by atoms with E-state index in [0.29, 0.717) is 0 Å². The van der Waals surface area contributed by atoms with Crippen LogP contribution in [0.15, 0.2) is 147 Å². The van der Waals surface area contributed by atoms with Crippen molar-refractivity contribution < 1.29 is 13.3 Å². The topological polar surface area (TPSA) is 39.4 Å². The largest absolute Gasteiger partial charge is 0.464 e. The first-order valence-electron chi connectivity index (χ1n) is 14.5. The summed E-state index contributed by atoms with van der Waals surface area (Å²) in [4.78, 5) is 0. The molecule has 7 aromatic carbocycles. The van der Waals surface area contributed by atoms with Gasteiger partial charge in [-0.1, -0.05) is 91.0 Å². The summed E-state index contributed by atoms with van der Waals surface area (Å²) in [5, 5.41) is 10.2. The van der Waals surface area contributed by atoms with Gasteiger partial charge in [0, 0.05) is 38.1 Å². The van der Waals surface area contributed by atoms with Gasteiger partial charge in [0.15, 0.2) is 0 Å². The number of hydrogen-bond acceptors (Lipinski definition) is 3. The van der Waals surface area contributed by atoms with Crippen molar-refractivity contribution in [3.05, 3.63) is 134 Å². The Labute approximate surface area is 245 Å². The molecule has 0 fully saturated rings. The van der Waals surface area contributed by atoms with Crippen LogP contribution < -0.4 is 0 Å². The van der Waals surface area contributed by atoms with E-state index in [-0.39, 0.29) is 0 Å². The lowest BCUT2D eigenvalue weighted by Gasteiger charge is -2.17. The van der Waals surface area contributed by atoms with E-state index in [0.717, 1.165) is 71.5 Å². The van der Waals surface area contributed by atoms with Crippen LogP contribution in [0, 0.1) is 0 Å². The Hall–Kier alpha value is -5.80. The summed E-state index contributed by atoms with van der Waals surface area (Å²) in [5.41, 5.74) is 8.95. The minimum atomic E-state index is 0.849. The van der Waals surface area contributed by atoms with Crippen LogP contribution in [0.2, 0.25) is 0 Å². The normalized spacial score (nSPS) is 12.2. The van der Waals surface area contributed by atoms with E-state index in [1.165, 1.54) is 27.1 Å². The van der Waals surface area contributed by atoms with Gasteiger partial charge in [0.05, 0.1) is 6.26 Å². The van der Waals surface area contributed by atoms with E-state index in [2.05, 4.69) is 97.1 Å². The molecule has 0 spiro atoms. The van der Waals surface area contributed by atoms with Crippen LogP contribution in [-0.4, -0.2) is 0 Å². The second-order valence-electron chi connectivity index (χ2n) is 11.2. The molecular formula is C40H22O3. The summed E-state index contributed by atoms with van der Waals surface area (Å²) in [6, 6.07) is 44.6. The van der Waals surface area contributed by atoms with E-state index < -0.39 is 0 Å². The predicted octanol–water partition coefficient (Wildman–Crippen LogP) is 11.9. The molecule has 3 nitrogen and oxygen atoms in total. The number of rotatable bonds is 2. The van der Waals surface area contributed by atoms with Gasteiger partial charge in [-0.05, 0) is 69.1 Å². The number of furan rings is 3. The molecule has 0 unspecified atom stereocenters. The van der Waals surface area contributed by atoms with Gasteiger partial charge in [0.1, 0.15) is 27.9 Å². The van der Waals surface area contributed by atoms with Crippen LogP contribution in [-0.2, 0) is 0 Å². The third kappa shape index (κ3) is 3.14. The minimum absolute atomic E-state index is 0.849. The van der Waals surface area contributed by atoms with E-state index in [4.69, 9.17) is 13.3 Å². The molecule has 10 aromatic rings. The molecule has 3 heteroatoms. The monoisotopic (exact) mass is 550 g/mol. The number of fused-ring (bicyclic) bond motifs is 9. The highest BCUT2D eigenvalue weighted by molar-refractivity contribution is 6.24. The maximum Gasteiger partial charge on any atom is 0.136 e. The van der Waals surface area contributed by atoms with Gasteiger partial charge in [-0.3, -0.25) is 0 Å². The zero-order chi connectivity index (χ0) is 28.1. The van der Waals surface area contributed by atoms with Gasteiger partial charge in [0.25, 0.3) is 0 Å². The van der Waals surface area contributed by atoms with Crippen LogP contribution in [0.25, 0.3) is 98.6 Å². The summed E-state index contributed by atoms with van der Waals surface area (Å²) >= 11 is 0. The molecule has 3 heterocycles. The van der Waals surface area contributed by atoms with Crippen molar-refractivity contribution in [3.8, 4) is 22.3 Å². The molecule has 0 atom stereocenters. The Morgan fingerprint density at radius 1 is 0.326 bits per heavy atom. The van der Waals surface area contributed by atoms with Gasteiger partial charge in [-0.2, -0.15) is 0 Å². The van der Waals surface area contributed by atoms with Gasteiger partial charge in [-0.15, -0.1) is 0 Å². The third-order valence-electron chi connectivity index (χ3n) is 8.94. The Balaban J connectivity index is 1.28. The quantitative estimate of drug-likeness (QED) is 0.201. The third-order valence-corrected chi connectivity index (χ3v) is 8.94. The molecule has 200 valence electrons. The fourth-order valence-electron chi connectivity index (χ4n) is 7.05. The average molecular weight is 551 g/mol. The summed E-state index contributed by atoms with van der Waals surface area (Å²) in [7, 11) is 0. The molecule has 0 saturated carbocycles. The zero-order valence-electron chi connectivity index (χ0n) is 22.9. The molecule has 0 radical (unpaired) electrons. The van der Waals surface area contributed by atoms with Crippen molar-refractivity contribution in [3.63, 3.8) is 0 Å². The molecule has 43 heavy (non-hydrogen) atoms. The van der Waals surface area contributed by atoms with E-state index >= 15 is 0 Å². The maximum absolute atomic E-state index is 6.31. The van der Waals surface area contributed by atoms with Crippen molar-refractivity contribution in [2.75, 3.05) is 0 Å². The second-order valence-corrected chi connectivity index (χ2v) is 11.2. The first-order chi connectivity index (χ1) is 21.3. The summed E-state index contributed by atoms with van der Waals surface area (Å²) in [6.45, 7) is 0. The van der Waals surface area contributed by atoms with Crippen molar-refractivity contribution in [2.24, 2.45) is 0 Å². The lowest BCUT2D eigenvalue weighted by molar-refractivity contribution is 0.617.